The molecule has 1 aromatic rings. The number of rotatable bonds is 3. The Bertz CT molecular complexity index is 713. The van der Waals surface area contributed by atoms with Gasteiger partial charge in [0.15, 0.2) is 5.75 Å². The molecule has 0 bridgehead atoms. The quantitative estimate of drug-likeness (QED) is 0.641. The second kappa shape index (κ2) is 5.87. The lowest BCUT2D eigenvalue weighted by molar-refractivity contribution is -0.385. The lowest BCUT2D eigenvalue weighted by atomic mass is 9.79. The van der Waals surface area contributed by atoms with Crippen molar-refractivity contribution in [3.63, 3.8) is 0 Å². The molecule has 25 heavy (non-hydrogen) atoms. The molecule has 2 heterocycles. The molecule has 2 aliphatic rings. The largest absolute Gasteiger partial charge is 0.453 e. The van der Waals surface area contributed by atoms with Gasteiger partial charge in [-0.2, -0.15) is 0 Å². The zero-order valence-electron chi connectivity index (χ0n) is 14.8. The molecule has 8 nitrogen and oxygen atoms in total. The number of nitro groups is 1. The van der Waals surface area contributed by atoms with Crippen LogP contribution in [0.3, 0.4) is 0 Å². The second-order valence-corrected chi connectivity index (χ2v) is 7.96. The molecule has 0 atom stereocenters. The molecule has 0 aromatic heterocycles. The minimum Gasteiger partial charge on any atom is -0.453 e. The summed E-state index contributed by atoms with van der Waals surface area (Å²) in [4.78, 5) is 23.3. The maximum atomic E-state index is 12.7. The highest BCUT2D eigenvalue weighted by Gasteiger charge is 2.38. The number of ether oxygens (including phenoxy) is 2. The first-order valence-corrected chi connectivity index (χ1v) is 8.25. The first-order valence-electron chi connectivity index (χ1n) is 8.25. The number of piperidine rings is 1. The van der Waals surface area contributed by atoms with E-state index in [2.05, 4.69) is 38.3 Å². The van der Waals surface area contributed by atoms with Crippen molar-refractivity contribution >= 4 is 11.6 Å². The van der Waals surface area contributed by atoms with Crippen molar-refractivity contribution in [1.29, 1.82) is 0 Å². The Kier molecular flexibility index (Phi) is 4.10. The van der Waals surface area contributed by atoms with Crippen LogP contribution >= 0.6 is 0 Å². The minimum atomic E-state index is -0.568. The Hall–Kier alpha value is -2.35. The van der Waals surface area contributed by atoms with Crippen LogP contribution in [0.5, 0.6) is 11.5 Å². The molecule has 136 valence electrons. The summed E-state index contributed by atoms with van der Waals surface area (Å²) in [6.07, 6.45) is 1.55. The van der Waals surface area contributed by atoms with Gasteiger partial charge in [-0.05, 0) is 46.6 Å². The highest BCUT2D eigenvalue weighted by molar-refractivity contribution is 5.96. The van der Waals surface area contributed by atoms with Crippen molar-refractivity contribution in [3.8, 4) is 11.5 Å². The predicted octanol–water partition coefficient (Wildman–Crippen LogP) is 2.36. The average Bonchev–Trinajstić information content (AvgIpc) is 2.90. The molecule has 0 spiro atoms. The van der Waals surface area contributed by atoms with Crippen LogP contribution in [0.15, 0.2) is 12.1 Å². The number of amides is 1. The lowest BCUT2D eigenvalue weighted by Gasteiger charge is -2.46. The van der Waals surface area contributed by atoms with E-state index in [1.807, 2.05) is 0 Å². The topological polar surface area (TPSA) is 103 Å². The van der Waals surface area contributed by atoms with E-state index < -0.39 is 4.92 Å². The van der Waals surface area contributed by atoms with E-state index in [-0.39, 0.29) is 52.6 Å². The SMILES string of the molecule is CC1(C)CC(NC(=O)c2cc3c(c([N+](=O)[O-])c2)OCO3)CC(C)(C)N1. The summed E-state index contributed by atoms with van der Waals surface area (Å²) in [5.41, 5.74) is -0.280. The highest BCUT2D eigenvalue weighted by atomic mass is 16.7. The molecule has 0 unspecified atom stereocenters. The first-order chi connectivity index (χ1) is 11.6. The van der Waals surface area contributed by atoms with E-state index in [4.69, 9.17) is 9.47 Å². The number of benzene rings is 1. The smallest absolute Gasteiger partial charge is 0.315 e. The van der Waals surface area contributed by atoms with Gasteiger partial charge in [-0.1, -0.05) is 0 Å². The number of hydrogen-bond acceptors (Lipinski definition) is 6. The zero-order chi connectivity index (χ0) is 18.4. The van der Waals surface area contributed by atoms with E-state index in [0.717, 1.165) is 12.8 Å². The molecule has 0 radical (unpaired) electrons. The maximum absolute atomic E-state index is 12.7. The normalized spacial score (nSPS) is 21.0. The molecule has 1 aromatic carbocycles. The van der Waals surface area contributed by atoms with Gasteiger partial charge in [0.05, 0.1) is 10.5 Å². The molecule has 1 fully saturated rings. The molecular weight excluding hydrogens is 326 g/mol. The Morgan fingerprint density at radius 3 is 2.48 bits per heavy atom. The summed E-state index contributed by atoms with van der Waals surface area (Å²) in [7, 11) is 0. The van der Waals surface area contributed by atoms with E-state index in [0.29, 0.717) is 0 Å². The van der Waals surface area contributed by atoms with Gasteiger partial charge in [0.2, 0.25) is 12.5 Å². The molecular formula is C17H23N3O5. The monoisotopic (exact) mass is 349 g/mol. The van der Waals surface area contributed by atoms with Gasteiger partial charge in [-0.15, -0.1) is 0 Å². The number of nitro benzene ring substituents is 1. The maximum Gasteiger partial charge on any atom is 0.315 e. The first kappa shape index (κ1) is 17.5. The third-order valence-electron chi connectivity index (χ3n) is 4.44. The van der Waals surface area contributed by atoms with Gasteiger partial charge < -0.3 is 20.1 Å². The van der Waals surface area contributed by atoms with Crippen molar-refractivity contribution in [1.82, 2.24) is 10.6 Å². The highest BCUT2D eigenvalue weighted by Crippen LogP contribution is 2.41. The van der Waals surface area contributed by atoms with Crippen LogP contribution in [-0.4, -0.2) is 34.7 Å². The van der Waals surface area contributed by atoms with Gasteiger partial charge in [0, 0.05) is 23.2 Å². The summed E-state index contributed by atoms with van der Waals surface area (Å²) >= 11 is 0. The van der Waals surface area contributed by atoms with Crippen molar-refractivity contribution in [2.75, 3.05) is 6.79 Å². The molecule has 1 saturated heterocycles. The average molecular weight is 349 g/mol. The van der Waals surface area contributed by atoms with Crippen LogP contribution in [0.25, 0.3) is 0 Å². The Balaban J connectivity index is 1.82. The van der Waals surface area contributed by atoms with Crippen LogP contribution in [0.4, 0.5) is 5.69 Å². The van der Waals surface area contributed by atoms with E-state index >= 15 is 0 Å². The number of nitrogens with zero attached hydrogens (tertiary/aromatic N) is 1. The molecule has 3 rings (SSSR count). The molecule has 0 saturated carbocycles. The fourth-order valence-electron chi connectivity index (χ4n) is 3.95. The Morgan fingerprint density at radius 2 is 1.88 bits per heavy atom. The minimum absolute atomic E-state index is 0.0248. The fourth-order valence-corrected chi connectivity index (χ4v) is 3.95. The van der Waals surface area contributed by atoms with Crippen LogP contribution in [-0.2, 0) is 0 Å². The second-order valence-electron chi connectivity index (χ2n) is 7.96. The number of carbonyl (C=O) groups excluding carboxylic acids is 1. The summed E-state index contributed by atoms with van der Waals surface area (Å²) in [5.74, 6) is -0.0455. The van der Waals surface area contributed by atoms with E-state index in [9.17, 15) is 14.9 Å². The van der Waals surface area contributed by atoms with Gasteiger partial charge in [-0.3, -0.25) is 14.9 Å². The Morgan fingerprint density at radius 1 is 1.24 bits per heavy atom. The third-order valence-corrected chi connectivity index (χ3v) is 4.44. The van der Waals surface area contributed by atoms with Gasteiger partial charge >= 0.3 is 5.69 Å². The predicted molar refractivity (Wildman–Crippen MR) is 91.0 cm³/mol. The van der Waals surface area contributed by atoms with Crippen molar-refractivity contribution in [2.24, 2.45) is 0 Å². The van der Waals surface area contributed by atoms with Gasteiger partial charge in [0.1, 0.15) is 0 Å². The van der Waals surface area contributed by atoms with Gasteiger partial charge in [0.25, 0.3) is 5.91 Å². The zero-order valence-corrected chi connectivity index (χ0v) is 14.8. The molecule has 8 heteroatoms. The van der Waals surface area contributed by atoms with Crippen LogP contribution in [0, 0.1) is 10.1 Å². The van der Waals surface area contributed by atoms with Gasteiger partial charge in [-0.25, -0.2) is 0 Å². The van der Waals surface area contributed by atoms with E-state index in [1.165, 1.54) is 12.1 Å². The van der Waals surface area contributed by atoms with Crippen LogP contribution < -0.4 is 20.1 Å². The van der Waals surface area contributed by atoms with Crippen molar-refractivity contribution in [2.45, 2.75) is 57.7 Å². The number of fused-ring (bicyclic) bond motifs is 1. The summed E-state index contributed by atoms with van der Waals surface area (Å²) in [6, 6.07) is 2.70. The van der Waals surface area contributed by atoms with Crippen molar-refractivity contribution < 1.29 is 19.2 Å². The molecule has 2 N–H and O–H groups in total. The van der Waals surface area contributed by atoms with Crippen molar-refractivity contribution in [3.05, 3.63) is 27.8 Å². The molecule has 2 aliphatic heterocycles. The van der Waals surface area contributed by atoms with E-state index in [1.54, 1.807) is 0 Å². The number of hydrogen-bond donors (Lipinski definition) is 2. The molecule has 1 amide bonds. The number of carbonyl (C=O) groups is 1. The standard InChI is InChI=1S/C17H23N3O5/c1-16(2)7-11(8-17(3,4)19-16)18-15(21)10-5-12(20(22)23)14-13(6-10)24-9-25-14/h5-6,11,19H,7-9H2,1-4H3,(H,18,21). The summed E-state index contributed by atoms with van der Waals surface area (Å²) in [6.45, 7) is 8.30. The fraction of sp³-hybridized carbons (Fsp3) is 0.588. The lowest BCUT2D eigenvalue weighted by Crippen LogP contribution is -2.62. The summed E-state index contributed by atoms with van der Waals surface area (Å²) < 4.78 is 10.3. The Labute approximate surface area is 146 Å². The van der Waals surface area contributed by atoms with Crippen LogP contribution in [0.1, 0.15) is 50.9 Å². The number of nitrogens with one attached hydrogen (secondary N) is 2. The third kappa shape index (κ3) is 3.68. The van der Waals surface area contributed by atoms with Crippen LogP contribution in [0.2, 0.25) is 0 Å². The summed E-state index contributed by atoms with van der Waals surface area (Å²) in [5, 5.41) is 17.8. The molecule has 0 aliphatic carbocycles.